The molecule has 27 heavy (non-hydrogen) atoms. The van der Waals surface area contributed by atoms with E-state index in [4.69, 9.17) is 0 Å². The Labute approximate surface area is 163 Å². The Morgan fingerprint density at radius 1 is 0.778 bits per heavy atom. The van der Waals surface area contributed by atoms with Crippen LogP contribution in [0.2, 0.25) is 0 Å². The van der Waals surface area contributed by atoms with Crippen LogP contribution in [0.5, 0.6) is 0 Å². The molecule has 0 aromatic heterocycles. The molecule has 1 N–H and O–H groups in total. The third-order valence-electron chi connectivity index (χ3n) is 5.86. The van der Waals surface area contributed by atoms with Crippen LogP contribution in [0.25, 0.3) is 0 Å². The van der Waals surface area contributed by atoms with Gasteiger partial charge in [0.2, 0.25) is 0 Å². The zero-order valence-corrected chi connectivity index (χ0v) is 16.7. The van der Waals surface area contributed by atoms with E-state index in [9.17, 15) is 5.11 Å². The standard InChI is InChI=1S/C25H27OP/c1-19-11-10-17-22(19)25(26)23-16-8-9-18-24(23)27(20-12-4-2-5-13-20)21-14-6-3-7-15-21/h2-9,12-16,18-19,22,25-26H,10-11,17H2,1H3/t19?,22?,25-/m1/s1. The van der Waals surface area contributed by atoms with Crippen molar-refractivity contribution in [3.8, 4) is 0 Å². The molecule has 0 heterocycles. The number of hydrogen-bond donors (Lipinski definition) is 1. The van der Waals surface area contributed by atoms with Crippen molar-refractivity contribution in [3.05, 3.63) is 90.5 Å². The molecule has 3 aromatic carbocycles. The zero-order chi connectivity index (χ0) is 18.6. The molecule has 1 aliphatic rings. The maximum atomic E-state index is 11.3. The van der Waals surface area contributed by atoms with Crippen molar-refractivity contribution in [1.29, 1.82) is 0 Å². The Kier molecular flexibility index (Phi) is 5.72. The molecular formula is C25H27OP. The summed E-state index contributed by atoms with van der Waals surface area (Å²) < 4.78 is 0. The van der Waals surface area contributed by atoms with Crippen molar-refractivity contribution < 1.29 is 5.11 Å². The summed E-state index contributed by atoms with van der Waals surface area (Å²) in [4.78, 5) is 0. The molecule has 1 fully saturated rings. The van der Waals surface area contributed by atoms with Crippen LogP contribution < -0.4 is 15.9 Å². The predicted octanol–water partition coefficient (Wildman–Crippen LogP) is 4.91. The highest BCUT2D eigenvalue weighted by molar-refractivity contribution is 7.79. The van der Waals surface area contributed by atoms with Crippen molar-refractivity contribution in [3.63, 3.8) is 0 Å². The molecule has 1 nitrogen and oxygen atoms in total. The summed E-state index contributed by atoms with van der Waals surface area (Å²) in [6.07, 6.45) is 3.22. The van der Waals surface area contributed by atoms with Crippen LogP contribution in [0.3, 0.4) is 0 Å². The van der Waals surface area contributed by atoms with Crippen LogP contribution in [0, 0.1) is 11.8 Å². The van der Waals surface area contributed by atoms with Gasteiger partial charge in [-0.15, -0.1) is 0 Å². The summed E-state index contributed by atoms with van der Waals surface area (Å²) >= 11 is 0. The van der Waals surface area contributed by atoms with Gasteiger partial charge in [0.15, 0.2) is 0 Å². The second-order valence-corrected chi connectivity index (χ2v) is 9.77. The van der Waals surface area contributed by atoms with Gasteiger partial charge in [-0.1, -0.05) is 105 Å². The Morgan fingerprint density at radius 3 is 1.89 bits per heavy atom. The van der Waals surface area contributed by atoms with Gasteiger partial charge in [-0.2, -0.15) is 0 Å². The molecule has 0 radical (unpaired) electrons. The molecule has 0 amide bonds. The maximum Gasteiger partial charge on any atom is 0.0827 e. The second-order valence-electron chi connectivity index (χ2n) is 7.58. The van der Waals surface area contributed by atoms with Crippen molar-refractivity contribution in [1.82, 2.24) is 0 Å². The second kappa shape index (κ2) is 8.38. The van der Waals surface area contributed by atoms with E-state index >= 15 is 0 Å². The lowest BCUT2D eigenvalue weighted by atomic mass is 9.88. The minimum atomic E-state index is -0.688. The van der Waals surface area contributed by atoms with Crippen LogP contribution in [0.15, 0.2) is 84.9 Å². The van der Waals surface area contributed by atoms with Gasteiger partial charge in [0.25, 0.3) is 0 Å². The fourth-order valence-corrected chi connectivity index (χ4v) is 6.89. The summed E-state index contributed by atoms with van der Waals surface area (Å²) in [5.41, 5.74) is 1.12. The van der Waals surface area contributed by atoms with Crippen LogP contribution >= 0.6 is 7.92 Å². The molecule has 0 bridgehead atoms. The Morgan fingerprint density at radius 2 is 1.33 bits per heavy atom. The third-order valence-corrected chi connectivity index (χ3v) is 8.38. The molecule has 0 spiro atoms. The lowest BCUT2D eigenvalue weighted by Crippen LogP contribution is -2.27. The van der Waals surface area contributed by atoms with Crippen molar-refractivity contribution in [2.45, 2.75) is 32.3 Å². The minimum absolute atomic E-state index is 0.370. The first-order valence-electron chi connectivity index (χ1n) is 9.93. The molecule has 0 aliphatic heterocycles. The molecule has 3 atom stereocenters. The van der Waals surface area contributed by atoms with E-state index < -0.39 is 7.92 Å². The summed E-state index contributed by atoms with van der Waals surface area (Å²) in [5, 5.41) is 15.3. The van der Waals surface area contributed by atoms with E-state index in [1.807, 2.05) is 0 Å². The fourth-order valence-electron chi connectivity index (χ4n) is 4.40. The smallest absolute Gasteiger partial charge is 0.0827 e. The average molecular weight is 374 g/mol. The van der Waals surface area contributed by atoms with Gasteiger partial charge >= 0.3 is 0 Å². The molecule has 1 aliphatic carbocycles. The van der Waals surface area contributed by atoms with E-state index in [0.717, 1.165) is 12.0 Å². The van der Waals surface area contributed by atoms with E-state index in [1.54, 1.807) is 0 Å². The SMILES string of the molecule is CC1CCCC1[C@@H](O)c1ccccc1P(c1ccccc1)c1ccccc1. The first-order chi connectivity index (χ1) is 13.3. The zero-order valence-electron chi connectivity index (χ0n) is 15.8. The predicted molar refractivity (Wildman–Crippen MR) is 117 cm³/mol. The lowest BCUT2D eigenvalue weighted by Gasteiger charge is -2.28. The Hall–Kier alpha value is -1.95. The highest BCUT2D eigenvalue weighted by atomic mass is 31.1. The number of aliphatic hydroxyl groups is 1. The topological polar surface area (TPSA) is 20.2 Å². The van der Waals surface area contributed by atoms with Gasteiger partial charge in [-0.25, -0.2) is 0 Å². The van der Waals surface area contributed by atoms with Crippen LogP contribution in [0.1, 0.15) is 37.9 Å². The first kappa shape index (κ1) is 18.4. The highest BCUT2D eigenvalue weighted by Gasteiger charge is 2.33. The Balaban J connectivity index is 1.82. The molecule has 2 unspecified atom stereocenters. The maximum absolute atomic E-state index is 11.3. The molecular weight excluding hydrogens is 347 g/mol. The summed E-state index contributed by atoms with van der Waals surface area (Å²) in [7, 11) is -0.688. The number of rotatable bonds is 5. The quantitative estimate of drug-likeness (QED) is 0.629. The largest absolute Gasteiger partial charge is 0.388 e. The summed E-state index contributed by atoms with van der Waals surface area (Å²) in [6, 6.07) is 30.1. The Bertz CT molecular complexity index is 822. The fraction of sp³-hybridized carbons (Fsp3) is 0.280. The number of benzene rings is 3. The monoisotopic (exact) mass is 374 g/mol. The van der Waals surface area contributed by atoms with Crippen molar-refractivity contribution in [2.75, 3.05) is 0 Å². The normalized spacial score (nSPS) is 20.7. The summed E-state index contributed by atoms with van der Waals surface area (Å²) in [5.74, 6) is 0.960. The number of hydrogen-bond acceptors (Lipinski definition) is 1. The van der Waals surface area contributed by atoms with Crippen LogP contribution in [-0.2, 0) is 0 Å². The van der Waals surface area contributed by atoms with Gasteiger partial charge in [0, 0.05) is 0 Å². The van der Waals surface area contributed by atoms with Gasteiger partial charge in [-0.3, -0.25) is 0 Å². The van der Waals surface area contributed by atoms with E-state index in [0.29, 0.717) is 11.8 Å². The molecule has 4 rings (SSSR count). The average Bonchev–Trinajstić information content (AvgIpc) is 3.16. The van der Waals surface area contributed by atoms with Gasteiger partial charge < -0.3 is 5.11 Å². The third kappa shape index (κ3) is 3.86. The van der Waals surface area contributed by atoms with E-state index in [2.05, 4.69) is 91.9 Å². The van der Waals surface area contributed by atoms with Gasteiger partial charge in [0.1, 0.15) is 0 Å². The molecule has 1 saturated carbocycles. The van der Waals surface area contributed by atoms with Crippen molar-refractivity contribution >= 4 is 23.8 Å². The van der Waals surface area contributed by atoms with Gasteiger partial charge in [-0.05, 0) is 47.7 Å². The van der Waals surface area contributed by atoms with E-state index in [1.165, 1.54) is 28.8 Å². The molecule has 138 valence electrons. The van der Waals surface area contributed by atoms with Crippen molar-refractivity contribution in [2.24, 2.45) is 11.8 Å². The molecule has 2 heteroatoms. The molecule has 3 aromatic rings. The lowest BCUT2D eigenvalue weighted by molar-refractivity contribution is 0.0910. The minimum Gasteiger partial charge on any atom is -0.388 e. The van der Waals surface area contributed by atoms with Crippen LogP contribution in [-0.4, -0.2) is 5.11 Å². The first-order valence-corrected chi connectivity index (χ1v) is 11.3. The highest BCUT2D eigenvalue weighted by Crippen LogP contribution is 2.42. The number of aliphatic hydroxyl groups excluding tert-OH is 1. The van der Waals surface area contributed by atoms with Crippen LogP contribution in [0.4, 0.5) is 0 Å². The van der Waals surface area contributed by atoms with Gasteiger partial charge in [0.05, 0.1) is 6.10 Å². The van der Waals surface area contributed by atoms with E-state index in [-0.39, 0.29) is 6.10 Å². The molecule has 0 saturated heterocycles. The summed E-state index contributed by atoms with van der Waals surface area (Å²) in [6.45, 7) is 2.29.